The average Bonchev–Trinajstić information content (AvgIpc) is 3.28. The SMILES string of the molecule is O=Cc1ccc(-c2ccccc2)c(C#Cc2ccc(-c3nc4ccccc4s3)cc2)c1. The molecule has 5 aromatic rings. The fourth-order valence-electron chi connectivity index (χ4n) is 3.44. The van der Waals surface area contributed by atoms with Crippen molar-refractivity contribution in [3.63, 3.8) is 0 Å². The van der Waals surface area contributed by atoms with Crippen LogP contribution in [0.4, 0.5) is 0 Å². The number of fused-ring (bicyclic) bond motifs is 1. The molecule has 3 heteroatoms. The highest BCUT2D eigenvalue weighted by Crippen LogP contribution is 2.30. The smallest absolute Gasteiger partial charge is 0.150 e. The maximum atomic E-state index is 11.3. The summed E-state index contributed by atoms with van der Waals surface area (Å²) in [5.74, 6) is 6.51. The zero-order valence-electron chi connectivity index (χ0n) is 16.6. The van der Waals surface area contributed by atoms with Crippen molar-refractivity contribution in [2.24, 2.45) is 0 Å². The second-order valence-corrected chi connectivity index (χ2v) is 8.13. The summed E-state index contributed by atoms with van der Waals surface area (Å²) in [5, 5.41) is 1.01. The van der Waals surface area contributed by atoms with Crippen LogP contribution in [-0.2, 0) is 0 Å². The van der Waals surface area contributed by atoms with Crippen molar-refractivity contribution in [1.82, 2.24) is 4.98 Å². The number of hydrogen-bond donors (Lipinski definition) is 0. The van der Waals surface area contributed by atoms with Gasteiger partial charge in [-0.05, 0) is 41.5 Å². The lowest BCUT2D eigenvalue weighted by Crippen LogP contribution is -1.88. The first-order valence-corrected chi connectivity index (χ1v) is 10.7. The number of thiazole rings is 1. The second-order valence-electron chi connectivity index (χ2n) is 7.10. The number of carbonyl (C=O) groups is 1. The molecule has 0 aliphatic rings. The summed E-state index contributed by atoms with van der Waals surface area (Å²) in [4.78, 5) is 16.0. The molecule has 0 radical (unpaired) electrons. The number of para-hydroxylation sites is 1. The molecule has 0 fully saturated rings. The minimum Gasteiger partial charge on any atom is -0.298 e. The summed E-state index contributed by atoms with van der Waals surface area (Å²) in [5.41, 5.74) is 6.58. The van der Waals surface area contributed by atoms with Gasteiger partial charge in [-0.3, -0.25) is 4.79 Å². The Bertz CT molecular complexity index is 1400. The summed E-state index contributed by atoms with van der Waals surface area (Å²) in [6.45, 7) is 0. The van der Waals surface area contributed by atoms with Gasteiger partial charge < -0.3 is 0 Å². The van der Waals surface area contributed by atoms with E-state index in [1.807, 2.05) is 78.9 Å². The molecule has 2 nitrogen and oxygen atoms in total. The third kappa shape index (κ3) is 4.02. The molecule has 0 N–H and O–H groups in total. The summed E-state index contributed by atoms with van der Waals surface area (Å²) in [7, 11) is 0. The first-order valence-electron chi connectivity index (χ1n) is 9.93. The standard InChI is InChI=1S/C28H17NOS/c30-19-21-13-17-25(22-6-2-1-3-7-22)24(18-21)16-12-20-10-14-23(15-11-20)28-29-26-8-4-5-9-27(26)31-28/h1-11,13-15,17-19H. The lowest BCUT2D eigenvalue weighted by molar-refractivity contribution is 0.112. The van der Waals surface area contributed by atoms with Gasteiger partial charge in [0.2, 0.25) is 0 Å². The Morgan fingerprint density at radius 2 is 1.52 bits per heavy atom. The van der Waals surface area contributed by atoms with E-state index in [4.69, 9.17) is 4.98 Å². The van der Waals surface area contributed by atoms with Crippen molar-refractivity contribution in [1.29, 1.82) is 0 Å². The number of carbonyl (C=O) groups excluding carboxylic acids is 1. The minimum atomic E-state index is 0.621. The first kappa shape index (κ1) is 19.0. The highest BCUT2D eigenvalue weighted by atomic mass is 32.1. The van der Waals surface area contributed by atoms with Gasteiger partial charge in [0.15, 0.2) is 0 Å². The molecular weight excluding hydrogens is 398 g/mol. The van der Waals surface area contributed by atoms with E-state index in [1.165, 1.54) is 4.70 Å². The molecule has 0 saturated heterocycles. The van der Waals surface area contributed by atoms with Crippen LogP contribution in [0, 0.1) is 11.8 Å². The molecule has 5 rings (SSSR count). The Morgan fingerprint density at radius 1 is 0.742 bits per heavy atom. The highest BCUT2D eigenvalue weighted by Gasteiger charge is 2.06. The molecule has 0 bridgehead atoms. The zero-order chi connectivity index (χ0) is 21.0. The monoisotopic (exact) mass is 415 g/mol. The van der Waals surface area contributed by atoms with Gasteiger partial charge in [-0.1, -0.05) is 78.6 Å². The fraction of sp³-hybridized carbons (Fsp3) is 0. The van der Waals surface area contributed by atoms with Gasteiger partial charge in [-0.2, -0.15) is 0 Å². The quantitative estimate of drug-likeness (QED) is 0.238. The van der Waals surface area contributed by atoms with Crippen LogP contribution in [0.3, 0.4) is 0 Å². The van der Waals surface area contributed by atoms with Crippen molar-refractivity contribution in [3.8, 4) is 33.5 Å². The lowest BCUT2D eigenvalue weighted by atomic mass is 9.98. The summed E-state index contributed by atoms with van der Waals surface area (Å²) >= 11 is 1.69. The number of nitrogens with zero attached hydrogens (tertiary/aromatic N) is 1. The largest absolute Gasteiger partial charge is 0.298 e. The molecule has 0 atom stereocenters. The molecule has 0 spiro atoms. The van der Waals surface area contributed by atoms with Gasteiger partial charge >= 0.3 is 0 Å². The molecule has 0 saturated carbocycles. The Balaban J connectivity index is 1.47. The van der Waals surface area contributed by atoms with Crippen molar-refractivity contribution >= 4 is 27.8 Å². The van der Waals surface area contributed by atoms with Crippen LogP contribution in [0.2, 0.25) is 0 Å². The normalized spacial score (nSPS) is 10.5. The lowest BCUT2D eigenvalue weighted by Gasteiger charge is -2.05. The zero-order valence-corrected chi connectivity index (χ0v) is 17.4. The van der Waals surface area contributed by atoms with Crippen molar-refractivity contribution in [2.45, 2.75) is 0 Å². The number of aldehydes is 1. The van der Waals surface area contributed by atoms with E-state index >= 15 is 0 Å². The molecule has 146 valence electrons. The molecule has 0 amide bonds. The van der Waals surface area contributed by atoms with Gasteiger partial charge in [0.25, 0.3) is 0 Å². The van der Waals surface area contributed by atoms with E-state index < -0.39 is 0 Å². The van der Waals surface area contributed by atoms with Crippen molar-refractivity contribution < 1.29 is 4.79 Å². The molecular formula is C28H17NOS. The second kappa shape index (κ2) is 8.39. The van der Waals surface area contributed by atoms with E-state index in [1.54, 1.807) is 11.3 Å². The van der Waals surface area contributed by atoms with Crippen LogP contribution in [0.25, 0.3) is 31.9 Å². The Kier molecular flexibility index (Phi) is 5.14. The van der Waals surface area contributed by atoms with Crippen LogP contribution in [0.15, 0.2) is 97.1 Å². The third-order valence-corrected chi connectivity index (χ3v) is 6.12. The predicted octanol–water partition coefficient (Wildman–Crippen LogP) is 6.84. The minimum absolute atomic E-state index is 0.621. The number of rotatable bonds is 3. The van der Waals surface area contributed by atoms with Crippen LogP contribution in [-0.4, -0.2) is 11.3 Å². The van der Waals surface area contributed by atoms with Gasteiger partial charge in [0, 0.05) is 22.3 Å². The topological polar surface area (TPSA) is 30.0 Å². The third-order valence-electron chi connectivity index (χ3n) is 5.03. The van der Waals surface area contributed by atoms with Crippen molar-refractivity contribution in [3.05, 3.63) is 114 Å². The Hall–Kier alpha value is -4.00. The first-order chi connectivity index (χ1) is 15.3. The number of benzene rings is 4. The summed E-state index contributed by atoms with van der Waals surface area (Å²) in [6, 6.07) is 32.0. The molecule has 4 aromatic carbocycles. The van der Waals surface area contributed by atoms with Gasteiger partial charge in [0.05, 0.1) is 10.2 Å². The Labute approximate surface area is 184 Å². The highest BCUT2D eigenvalue weighted by molar-refractivity contribution is 7.21. The van der Waals surface area contributed by atoms with Gasteiger partial charge in [0.1, 0.15) is 11.3 Å². The molecule has 31 heavy (non-hydrogen) atoms. The van der Waals surface area contributed by atoms with Crippen LogP contribution in [0.1, 0.15) is 21.5 Å². The van der Waals surface area contributed by atoms with Crippen LogP contribution in [0.5, 0.6) is 0 Å². The van der Waals surface area contributed by atoms with Crippen molar-refractivity contribution in [2.75, 3.05) is 0 Å². The van der Waals surface area contributed by atoms with Crippen LogP contribution < -0.4 is 0 Å². The summed E-state index contributed by atoms with van der Waals surface area (Å²) in [6.07, 6.45) is 0.854. The maximum absolute atomic E-state index is 11.3. The average molecular weight is 416 g/mol. The van der Waals surface area contributed by atoms with E-state index in [0.717, 1.165) is 44.6 Å². The molecule has 1 heterocycles. The molecule has 0 aliphatic carbocycles. The molecule has 0 unspecified atom stereocenters. The number of aromatic nitrogens is 1. The van der Waals surface area contributed by atoms with E-state index in [9.17, 15) is 4.79 Å². The van der Waals surface area contributed by atoms with Crippen LogP contribution >= 0.6 is 11.3 Å². The van der Waals surface area contributed by atoms with E-state index in [2.05, 4.69) is 30.0 Å². The predicted molar refractivity (Wildman–Crippen MR) is 128 cm³/mol. The summed E-state index contributed by atoms with van der Waals surface area (Å²) < 4.78 is 1.19. The van der Waals surface area contributed by atoms with Gasteiger partial charge in [-0.15, -0.1) is 11.3 Å². The maximum Gasteiger partial charge on any atom is 0.150 e. The Morgan fingerprint density at radius 3 is 2.29 bits per heavy atom. The molecule has 1 aromatic heterocycles. The number of hydrogen-bond acceptors (Lipinski definition) is 3. The van der Waals surface area contributed by atoms with E-state index in [0.29, 0.717) is 5.56 Å². The fourth-order valence-corrected chi connectivity index (χ4v) is 4.41. The van der Waals surface area contributed by atoms with E-state index in [-0.39, 0.29) is 0 Å². The van der Waals surface area contributed by atoms with Gasteiger partial charge in [-0.25, -0.2) is 4.98 Å². The molecule has 0 aliphatic heterocycles.